The molecule has 2 amide bonds. The van der Waals surface area contributed by atoms with Gasteiger partial charge in [0.05, 0.1) is 23.2 Å². The third-order valence-electron chi connectivity index (χ3n) is 4.68. The molecule has 1 saturated heterocycles. The fourth-order valence-electron chi connectivity index (χ4n) is 3.41. The molecule has 8 heteroatoms. The predicted octanol–water partition coefficient (Wildman–Crippen LogP) is 2.56. The van der Waals surface area contributed by atoms with E-state index in [2.05, 4.69) is 10.3 Å². The molecule has 7 nitrogen and oxygen atoms in total. The molecule has 0 radical (unpaired) electrons. The fraction of sp³-hybridized carbons (Fsp3) is 0.625. The lowest BCUT2D eigenvalue weighted by Crippen LogP contribution is -2.61. The largest absolute Gasteiger partial charge is 0.465 e. The van der Waals surface area contributed by atoms with Gasteiger partial charge in [-0.3, -0.25) is 4.79 Å². The van der Waals surface area contributed by atoms with Gasteiger partial charge in [0.2, 0.25) is 0 Å². The number of methoxy groups -OCH3 is 1. The van der Waals surface area contributed by atoms with Gasteiger partial charge in [0.25, 0.3) is 5.91 Å². The number of likely N-dealkylation sites (tertiary alicyclic amines) is 1. The van der Waals surface area contributed by atoms with Gasteiger partial charge >= 0.3 is 6.09 Å². The second-order valence-corrected chi connectivity index (χ2v) is 6.46. The number of carboxylic acid groups (broad SMARTS) is 1. The van der Waals surface area contributed by atoms with Gasteiger partial charge < -0.3 is 25.0 Å². The summed E-state index contributed by atoms with van der Waals surface area (Å²) in [6.45, 7) is 5.87. The first-order valence-corrected chi connectivity index (χ1v) is 8.37. The van der Waals surface area contributed by atoms with E-state index in [-0.39, 0.29) is 18.0 Å². The molecule has 1 aliphatic heterocycles. The van der Waals surface area contributed by atoms with Crippen LogP contribution < -0.4 is 5.32 Å². The summed E-state index contributed by atoms with van der Waals surface area (Å²) >= 11 is 6.13. The summed E-state index contributed by atoms with van der Waals surface area (Å²) in [5.74, 6) is -0.256. The van der Waals surface area contributed by atoms with E-state index in [0.717, 1.165) is 5.69 Å². The van der Waals surface area contributed by atoms with Gasteiger partial charge in [-0.2, -0.15) is 0 Å². The Morgan fingerprint density at radius 2 is 2.12 bits per heavy atom. The zero-order valence-electron chi connectivity index (χ0n) is 14.4. The van der Waals surface area contributed by atoms with Crippen molar-refractivity contribution in [2.24, 2.45) is 0 Å². The number of hydrogen-bond acceptors (Lipinski definition) is 3. The van der Waals surface area contributed by atoms with E-state index in [1.807, 2.05) is 13.8 Å². The Morgan fingerprint density at radius 1 is 1.46 bits per heavy atom. The highest BCUT2D eigenvalue weighted by Crippen LogP contribution is 2.26. The second-order valence-electron chi connectivity index (χ2n) is 6.08. The molecule has 3 N–H and O–H groups in total. The van der Waals surface area contributed by atoms with Crippen LogP contribution in [0.5, 0.6) is 0 Å². The Morgan fingerprint density at radius 3 is 2.58 bits per heavy atom. The Hall–Kier alpha value is -1.73. The molecule has 134 valence electrons. The van der Waals surface area contributed by atoms with Crippen LogP contribution in [-0.4, -0.2) is 58.8 Å². The first-order valence-electron chi connectivity index (χ1n) is 7.99. The third-order valence-corrected chi connectivity index (χ3v) is 5.25. The topological polar surface area (TPSA) is 94.7 Å². The number of nitrogens with one attached hydrogen (secondary N) is 2. The highest BCUT2D eigenvalue weighted by Gasteiger charge is 2.40. The number of nitrogens with zero attached hydrogens (tertiary/aromatic N) is 1. The molecule has 0 saturated carbocycles. The molecule has 1 aromatic rings. The van der Waals surface area contributed by atoms with Crippen LogP contribution >= 0.6 is 11.6 Å². The zero-order chi connectivity index (χ0) is 18.0. The van der Waals surface area contributed by atoms with Crippen molar-refractivity contribution in [2.75, 3.05) is 13.7 Å². The molecule has 2 rings (SSSR count). The standard InChI is InChI=1S/C16H24ClN3O4/c1-5-11-14(24-4)10(6-7-20(11)16(22)23)19-15(21)13-8(2)12(17)9(3)18-13/h10-11,14,18H,5-7H2,1-4H3,(H,19,21)(H,22,23). The van der Waals surface area contributed by atoms with Gasteiger partial charge in [-0.05, 0) is 32.3 Å². The lowest BCUT2D eigenvalue weighted by atomic mass is 9.92. The van der Waals surface area contributed by atoms with Crippen LogP contribution in [-0.2, 0) is 4.74 Å². The van der Waals surface area contributed by atoms with Crippen LogP contribution in [0, 0.1) is 13.8 Å². The van der Waals surface area contributed by atoms with Gasteiger partial charge in [0.15, 0.2) is 0 Å². The van der Waals surface area contributed by atoms with Crippen molar-refractivity contribution in [3.05, 3.63) is 22.0 Å². The lowest BCUT2D eigenvalue weighted by molar-refractivity contribution is -0.0318. The number of ether oxygens (including phenoxy) is 1. The summed E-state index contributed by atoms with van der Waals surface area (Å²) in [4.78, 5) is 28.4. The summed E-state index contributed by atoms with van der Waals surface area (Å²) < 4.78 is 5.53. The highest BCUT2D eigenvalue weighted by atomic mass is 35.5. The van der Waals surface area contributed by atoms with Crippen molar-refractivity contribution in [1.82, 2.24) is 15.2 Å². The third kappa shape index (κ3) is 3.37. The molecule has 0 aromatic carbocycles. The van der Waals surface area contributed by atoms with Gasteiger partial charge in [-0.15, -0.1) is 0 Å². The maximum atomic E-state index is 12.6. The number of carbonyl (C=O) groups is 2. The Balaban J connectivity index is 2.17. The van der Waals surface area contributed by atoms with E-state index in [0.29, 0.717) is 35.7 Å². The van der Waals surface area contributed by atoms with E-state index in [1.54, 1.807) is 14.0 Å². The predicted molar refractivity (Wildman–Crippen MR) is 90.8 cm³/mol. The number of aromatic amines is 1. The van der Waals surface area contributed by atoms with Gasteiger partial charge in [-0.25, -0.2) is 4.79 Å². The first kappa shape index (κ1) is 18.6. The summed E-state index contributed by atoms with van der Waals surface area (Å²) in [5, 5.41) is 12.9. The van der Waals surface area contributed by atoms with Crippen LogP contribution in [0.25, 0.3) is 0 Å². The summed E-state index contributed by atoms with van der Waals surface area (Å²) in [6, 6.07) is -0.550. The number of H-pyrrole nitrogens is 1. The van der Waals surface area contributed by atoms with Gasteiger partial charge in [-0.1, -0.05) is 18.5 Å². The molecule has 0 bridgehead atoms. The van der Waals surface area contributed by atoms with E-state index >= 15 is 0 Å². The summed E-state index contributed by atoms with van der Waals surface area (Å²) in [6.07, 6.45) is -0.240. The van der Waals surface area contributed by atoms with E-state index in [4.69, 9.17) is 16.3 Å². The van der Waals surface area contributed by atoms with Crippen molar-refractivity contribution >= 4 is 23.6 Å². The maximum Gasteiger partial charge on any atom is 0.407 e. The number of carbonyl (C=O) groups excluding carboxylic acids is 1. The van der Waals surface area contributed by atoms with Gasteiger partial charge in [0.1, 0.15) is 5.69 Å². The molecule has 1 fully saturated rings. The SMILES string of the molecule is CCC1C(OC)C(NC(=O)c2[nH]c(C)c(Cl)c2C)CCN1C(=O)O. The van der Waals surface area contributed by atoms with Crippen LogP contribution in [0.2, 0.25) is 5.02 Å². The van der Waals surface area contributed by atoms with E-state index in [9.17, 15) is 14.7 Å². The quantitative estimate of drug-likeness (QED) is 0.771. The minimum absolute atomic E-state index is 0.256. The molecule has 3 atom stereocenters. The summed E-state index contributed by atoms with van der Waals surface area (Å²) in [5.41, 5.74) is 1.88. The minimum atomic E-state index is -0.962. The molecule has 0 aliphatic carbocycles. The average Bonchev–Trinajstić information content (AvgIpc) is 2.81. The molecular weight excluding hydrogens is 334 g/mol. The molecular formula is C16H24ClN3O4. The van der Waals surface area contributed by atoms with Crippen molar-refractivity contribution in [3.63, 3.8) is 0 Å². The maximum absolute atomic E-state index is 12.6. The summed E-state index contributed by atoms with van der Waals surface area (Å²) in [7, 11) is 1.54. The number of halogens is 1. The molecule has 1 aliphatic rings. The monoisotopic (exact) mass is 357 g/mol. The highest BCUT2D eigenvalue weighted by molar-refractivity contribution is 6.32. The van der Waals surface area contributed by atoms with Crippen molar-refractivity contribution < 1.29 is 19.4 Å². The molecule has 24 heavy (non-hydrogen) atoms. The second kappa shape index (κ2) is 7.44. The zero-order valence-corrected chi connectivity index (χ0v) is 15.1. The van der Waals surface area contributed by atoms with Crippen molar-refractivity contribution in [2.45, 2.75) is 51.8 Å². The number of aryl methyl sites for hydroxylation is 1. The Bertz CT molecular complexity index is 631. The number of amides is 2. The van der Waals surface area contributed by atoms with Crippen LogP contribution in [0.15, 0.2) is 0 Å². The number of rotatable bonds is 4. The molecule has 1 aromatic heterocycles. The number of aromatic nitrogens is 1. The van der Waals surface area contributed by atoms with Gasteiger partial charge in [0, 0.05) is 19.3 Å². The lowest BCUT2D eigenvalue weighted by Gasteiger charge is -2.43. The van der Waals surface area contributed by atoms with Crippen LogP contribution in [0.1, 0.15) is 41.5 Å². The average molecular weight is 358 g/mol. The number of hydrogen-bond donors (Lipinski definition) is 3. The van der Waals surface area contributed by atoms with Crippen LogP contribution in [0.3, 0.4) is 0 Å². The molecule has 0 spiro atoms. The molecule has 2 heterocycles. The van der Waals surface area contributed by atoms with Crippen LogP contribution in [0.4, 0.5) is 4.79 Å². The number of piperidine rings is 1. The smallest absolute Gasteiger partial charge is 0.407 e. The Labute approximate surface area is 146 Å². The normalized spacial score (nSPS) is 24.0. The first-order chi connectivity index (χ1) is 11.3. The van der Waals surface area contributed by atoms with Crippen molar-refractivity contribution in [1.29, 1.82) is 0 Å². The molecule has 3 unspecified atom stereocenters. The van der Waals surface area contributed by atoms with Crippen molar-refractivity contribution in [3.8, 4) is 0 Å². The Kier molecular flexibility index (Phi) is 5.77. The van der Waals surface area contributed by atoms with E-state index < -0.39 is 12.2 Å². The minimum Gasteiger partial charge on any atom is -0.465 e. The van der Waals surface area contributed by atoms with E-state index in [1.165, 1.54) is 4.90 Å². The fourth-order valence-corrected chi connectivity index (χ4v) is 3.56.